The van der Waals surface area contributed by atoms with Crippen LogP contribution in [0.15, 0.2) is 36.5 Å². The summed E-state index contributed by atoms with van der Waals surface area (Å²) in [4.78, 5) is 23.8. The van der Waals surface area contributed by atoms with Crippen molar-refractivity contribution in [3.8, 4) is 10.7 Å². The lowest BCUT2D eigenvalue weighted by Gasteiger charge is -2.43. The van der Waals surface area contributed by atoms with Crippen molar-refractivity contribution >= 4 is 23.1 Å². The van der Waals surface area contributed by atoms with Gasteiger partial charge in [0.05, 0.1) is 12.2 Å². The quantitative estimate of drug-likeness (QED) is 0.658. The molecule has 0 saturated heterocycles. The molecule has 160 valence electrons. The molecule has 1 aliphatic carbocycles. The number of rotatable bonds is 5. The van der Waals surface area contributed by atoms with E-state index in [2.05, 4.69) is 20.5 Å². The average Bonchev–Trinajstić information content (AvgIpc) is 3.20. The number of fused-ring (bicyclic) bond motifs is 1. The molecule has 1 fully saturated rings. The fourth-order valence-corrected chi connectivity index (χ4v) is 5.37. The van der Waals surface area contributed by atoms with Crippen molar-refractivity contribution in [2.24, 2.45) is 0 Å². The summed E-state index contributed by atoms with van der Waals surface area (Å²) in [6, 6.07) is 9.54. The van der Waals surface area contributed by atoms with Gasteiger partial charge in [-0.15, -0.1) is 21.5 Å². The SMILES string of the molecule is CC(=O)N1CCc2nc(-c3ccc(NCC4(c5ccccn5)CC(F)C4)nn3)sc2C1. The molecule has 7 nitrogen and oxygen atoms in total. The third-order valence-corrected chi connectivity index (χ3v) is 7.21. The van der Waals surface area contributed by atoms with Gasteiger partial charge in [0.1, 0.15) is 22.7 Å². The molecule has 31 heavy (non-hydrogen) atoms. The average molecular weight is 439 g/mol. The predicted molar refractivity (Wildman–Crippen MR) is 116 cm³/mol. The number of carbonyl (C=O) groups is 1. The van der Waals surface area contributed by atoms with Crippen LogP contribution in [0.1, 0.15) is 36.0 Å². The summed E-state index contributed by atoms with van der Waals surface area (Å²) in [5.41, 5.74) is 2.36. The minimum atomic E-state index is -0.785. The highest BCUT2D eigenvalue weighted by Gasteiger charge is 2.47. The number of pyridine rings is 1. The molecule has 1 aliphatic heterocycles. The lowest BCUT2D eigenvalue weighted by molar-refractivity contribution is -0.129. The smallest absolute Gasteiger partial charge is 0.219 e. The van der Waals surface area contributed by atoms with E-state index < -0.39 is 6.17 Å². The van der Waals surface area contributed by atoms with E-state index in [9.17, 15) is 9.18 Å². The minimum absolute atomic E-state index is 0.0878. The molecule has 1 amide bonds. The van der Waals surface area contributed by atoms with Crippen LogP contribution >= 0.6 is 11.3 Å². The molecular weight excluding hydrogens is 415 g/mol. The van der Waals surface area contributed by atoms with Crippen LogP contribution in [0.5, 0.6) is 0 Å². The van der Waals surface area contributed by atoms with E-state index in [1.54, 1.807) is 24.5 Å². The van der Waals surface area contributed by atoms with Crippen LogP contribution in [0.2, 0.25) is 0 Å². The summed E-state index contributed by atoms with van der Waals surface area (Å²) in [6.07, 6.45) is 2.66. The minimum Gasteiger partial charge on any atom is -0.368 e. The summed E-state index contributed by atoms with van der Waals surface area (Å²) in [5.74, 6) is 0.732. The van der Waals surface area contributed by atoms with Gasteiger partial charge in [0.25, 0.3) is 0 Å². The van der Waals surface area contributed by atoms with Crippen LogP contribution in [0.4, 0.5) is 10.2 Å². The summed E-state index contributed by atoms with van der Waals surface area (Å²) >= 11 is 1.57. The molecule has 0 unspecified atom stereocenters. The third kappa shape index (κ3) is 3.89. The second-order valence-corrected chi connectivity index (χ2v) is 9.32. The molecule has 0 atom stereocenters. The Hall–Kier alpha value is -2.94. The number of carbonyl (C=O) groups excluding carboxylic acids is 1. The van der Waals surface area contributed by atoms with E-state index in [0.29, 0.717) is 44.0 Å². The normalized spacial score (nSPS) is 22.5. The zero-order valence-corrected chi connectivity index (χ0v) is 18.0. The number of nitrogens with one attached hydrogen (secondary N) is 1. The number of amides is 1. The molecule has 3 aromatic rings. The Labute approximate surface area is 183 Å². The summed E-state index contributed by atoms with van der Waals surface area (Å²) < 4.78 is 13.7. The van der Waals surface area contributed by atoms with E-state index >= 15 is 0 Å². The maximum atomic E-state index is 13.7. The van der Waals surface area contributed by atoms with Crippen LogP contribution in [-0.2, 0) is 23.2 Å². The Balaban J connectivity index is 1.27. The molecule has 0 radical (unpaired) electrons. The first kappa shape index (κ1) is 20.0. The molecule has 3 aromatic heterocycles. The Morgan fingerprint density at radius 2 is 2.16 bits per heavy atom. The van der Waals surface area contributed by atoms with Gasteiger partial charge in [-0.05, 0) is 37.1 Å². The van der Waals surface area contributed by atoms with Gasteiger partial charge in [-0.25, -0.2) is 9.37 Å². The first-order valence-electron chi connectivity index (χ1n) is 10.4. The fraction of sp³-hybridized carbons (Fsp3) is 0.409. The number of alkyl halides is 1. The molecular formula is C22H23FN6OS. The number of hydrogen-bond donors (Lipinski definition) is 1. The monoisotopic (exact) mass is 438 g/mol. The molecule has 2 aliphatic rings. The second kappa shape index (κ2) is 7.96. The fourth-order valence-electron chi connectivity index (χ4n) is 4.28. The second-order valence-electron chi connectivity index (χ2n) is 8.24. The van der Waals surface area contributed by atoms with Crippen LogP contribution in [-0.4, -0.2) is 50.2 Å². The van der Waals surface area contributed by atoms with Gasteiger partial charge in [0.2, 0.25) is 5.91 Å². The van der Waals surface area contributed by atoms with Crippen molar-refractivity contribution in [3.05, 3.63) is 52.8 Å². The van der Waals surface area contributed by atoms with Gasteiger partial charge in [-0.1, -0.05) is 6.07 Å². The Bertz CT molecular complexity index is 1080. The van der Waals surface area contributed by atoms with E-state index in [1.165, 1.54) is 0 Å². The van der Waals surface area contributed by atoms with Gasteiger partial charge in [-0.2, -0.15) is 0 Å². The molecule has 4 heterocycles. The van der Waals surface area contributed by atoms with E-state index in [0.717, 1.165) is 27.7 Å². The van der Waals surface area contributed by atoms with Crippen LogP contribution in [0, 0.1) is 0 Å². The standard InChI is InChI=1S/C22H23FN6OS/c1-14(30)29-9-7-16-18(12-29)31-21(26-16)17-5-6-20(28-27-17)25-13-22(10-15(23)11-22)19-4-2-3-8-24-19/h2-6,8,15H,7,9-13H2,1H3,(H,25,28). The predicted octanol–water partition coefficient (Wildman–Crippen LogP) is 3.38. The highest BCUT2D eigenvalue weighted by molar-refractivity contribution is 7.15. The largest absolute Gasteiger partial charge is 0.368 e. The van der Waals surface area contributed by atoms with Crippen molar-refractivity contribution in [1.82, 2.24) is 25.1 Å². The maximum absolute atomic E-state index is 13.7. The van der Waals surface area contributed by atoms with E-state index in [-0.39, 0.29) is 11.3 Å². The van der Waals surface area contributed by atoms with Crippen LogP contribution < -0.4 is 5.32 Å². The first-order chi connectivity index (χ1) is 15.0. The lowest BCUT2D eigenvalue weighted by atomic mass is 9.65. The van der Waals surface area contributed by atoms with Crippen LogP contribution in [0.3, 0.4) is 0 Å². The number of halogens is 1. The maximum Gasteiger partial charge on any atom is 0.219 e. The van der Waals surface area contributed by atoms with Gasteiger partial charge >= 0.3 is 0 Å². The molecule has 0 bridgehead atoms. The number of nitrogens with zero attached hydrogens (tertiary/aromatic N) is 5. The Kier molecular flexibility index (Phi) is 5.13. The van der Waals surface area contributed by atoms with Gasteiger partial charge < -0.3 is 10.2 Å². The van der Waals surface area contributed by atoms with Gasteiger partial charge in [0.15, 0.2) is 0 Å². The van der Waals surface area contributed by atoms with E-state index in [4.69, 9.17) is 4.98 Å². The highest BCUT2D eigenvalue weighted by atomic mass is 32.1. The molecule has 0 spiro atoms. The van der Waals surface area contributed by atoms with Crippen molar-refractivity contribution in [2.75, 3.05) is 18.4 Å². The summed E-state index contributed by atoms with van der Waals surface area (Å²) in [7, 11) is 0. The van der Waals surface area contributed by atoms with Crippen molar-refractivity contribution in [2.45, 2.75) is 44.3 Å². The van der Waals surface area contributed by atoms with Crippen molar-refractivity contribution in [1.29, 1.82) is 0 Å². The Morgan fingerprint density at radius 3 is 2.84 bits per heavy atom. The highest BCUT2D eigenvalue weighted by Crippen LogP contribution is 2.44. The zero-order valence-electron chi connectivity index (χ0n) is 17.2. The first-order valence-corrected chi connectivity index (χ1v) is 11.2. The molecule has 5 rings (SSSR count). The van der Waals surface area contributed by atoms with Gasteiger partial charge in [0, 0.05) is 48.6 Å². The van der Waals surface area contributed by atoms with Crippen molar-refractivity contribution < 1.29 is 9.18 Å². The van der Waals surface area contributed by atoms with E-state index in [1.807, 2.05) is 35.2 Å². The number of thiazole rings is 1. The van der Waals surface area contributed by atoms with Gasteiger partial charge in [-0.3, -0.25) is 9.78 Å². The number of hydrogen-bond acceptors (Lipinski definition) is 7. The molecule has 0 aromatic carbocycles. The van der Waals surface area contributed by atoms with Crippen LogP contribution in [0.25, 0.3) is 10.7 Å². The third-order valence-electron chi connectivity index (χ3n) is 6.10. The summed E-state index contributed by atoms with van der Waals surface area (Å²) in [6.45, 7) is 3.47. The topological polar surface area (TPSA) is 83.9 Å². The van der Waals surface area contributed by atoms with Crippen molar-refractivity contribution in [3.63, 3.8) is 0 Å². The number of aromatic nitrogens is 4. The summed E-state index contributed by atoms with van der Waals surface area (Å²) in [5, 5.41) is 12.8. The zero-order chi connectivity index (χ0) is 21.4. The molecule has 1 N–H and O–H groups in total. The molecule has 9 heteroatoms. The molecule has 1 saturated carbocycles. The lowest BCUT2D eigenvalue weighted by Crippen LogP contribution is -2.48. The Morgan fingerprint density at radius 1 is 1.29 bits per heavy atom. The number of anilines is 1.